The van der Waals surface area contributed by atoms with E-state index in [9.17, 15) is 4.79 Å². The highest BCUT2D eigenvalue weighted by Crippen LogP contribution is 2.19. The Bertz CT molecular complexity index is 836. The molecule has 0 spiro atoms. The van der Waals surface area contributed by atoms with E-state index in [1.165, 1.54) is 6.20 Å². The minimum Gasteiger partial charge on any atom is -0.339 e. The Balaban J connectivity index is 1.74. The molecule has 0 bridgehead atoms. The molecule has 126 valence electrons. The summed E-state index contributed by atoms with van der Waals surface area (Å²) in [5.41, 5.74) is 2.05. The highest BCUT2D eigenvalue weighted by molar-refractivity contribution is 9.10. The number of nitrogens with zero attached hydrogens (tertiary/aromatic N) is 3. The van der Waals surface area contributed by atoms with Gasteiger partial charge in [0.2, 0.25) is 0 Å². The molecule has 0 aliphatic heterocycles. The summed E-state index contributed by atoms with van der Waals surface area (Å²) in [7, 11) is 0. The van der Waals surface area contributed by atoms with Crippen molar-refractivity contribution in [1.82, 2.24) is 9.97 Å². The molecule has 0 aliphatic carbocycles. The number of anilines is 3. The average molecular weight is 397 g/mol. The predicted octanol–water partition coefficient (Wildman–Crippen LogP) is 4.65. The van der Waals surface area contributed by atoms with Gasteiger partial charge in [-0.25, -0.2) is 9.97 Å². The molecule has 0 fully saturated rings. The van der Waals surface area contributed by atoms with Crippen LogP contribution in [0.5, 0.6) is 0 Å². The zero-order valence-corrected chi connectivity index (χ0v) is 15.3. The number of carbonyl (C=O) groups is 1. The number of benzene rings is 2. The molecule has 0 saturated heterocycles. The van der Waals surface area contributed by atoms with Gasteiger partial charge in [-0.15, -0.1) is 0 Å². The molecule has 3 rings (SSSR count). The molecule has 0 unspecified atom stereocenters. The third kappa shape index (κ3) is 4.22. The van der Waals surface area contributed by atoms with Crippen molar-refractivity contribution < 1.29 is 4.79 Å². The van der Waals surface area contributed by atoms with E-state index in [-0.39, 0.29) is 5.91 Å². The molecule has 6 heteroatoms. The van der Waals surface area contributed by atoms with Crippen LogP contribution in [0.1, 0.15) is 17.4 Å². The molecular weight excluding hydrogens is 380 g/mol. The maximum atomic E-state index is 12.7. The lowest BCUT2D eigenvalue weighted by Crippen LogP contribution is -2.31. The van der Waals surface area contributed by atoms with Crippen LogP contribution in [0.2, 0.25) is 0 Å². The van der Waals surface area contributed by atoms with Gasteiger partial charge < -0.3 is 10.2 Å². The van der Waals surface area contributed by atoms with Crippen LogP contribution < -0.4 is 10.2 Å². The van der Waals surface area contributed by atoms with Gasteiger partial charge in [-0.05, 0) is 43.3 Å². The van der Waals surface area contributed by atoms with Gasteiger partial charge in [-0.2, -0.15) is 0 Å². The maximum absolute atomic E-state index is 12.7. The quantitative estimate of drug-likeness (QED) is 0.681. The van der Waals surface area contributed by atoms with E-state index in [2.05, 4.69) is 31.2 Å². The standard InChI is InChI=1S/C19H17BrN4O/c1-2-24(16-6-4-3-5-7-16)19(25)17-12-22-18(13-21-17)23-15-10-8-14(20)9-11-15/h3-13H,2H2,1H3,(H,22,23). The number of para-hydroxylation sites is 1. The van der Waals surface area contributed by atoms with Crippen molar-refractivity contribution in [3.8, 4) is 0 Å². The number of aromatic nitrogens is 2. The van der Waals surface area contributed by atoms with Crippen LogP contribution in [-0.4, -0.2) is 22.4 Å². The number of nitrogens with one attached hydrogen (secondary N) is 1. The Hall–Kier alpha value is -2.73. The van der Waals surface area contributed by atoms with Crippen LogP contribution in [0.4, 0.5) is 17.2 Å². The van der Waals surface area contributed by atoms with E-state index in [1.807, 2.05) is 61.5 Å². The maximum Gasteiger partial charge on any atom is 0.278 e. The first-order chi connectivity index (χ1) is 12.2. The summed E-state index contributed by atoms with van der Waals surface area (Å²) in [4.78, 5) is 22.9. The van der Waals surface area contributed by atoms with E-state index in [0.717, 1.165) is 15.8 Å². The number of hydrogen-bond donors (Lipinski definition) is 1. The molecule has 5 nitrogen and oxygen atoms in total. The second-order valence-electron chi connectivity index (χ2n) is 5.30. The number of carbonyl (C=O) groups excluding carboxylic acids is 1. The van der Waals surface area contributed by atoms with E-state index in [4.69, 9.17) is 0 Å². The fourth-order valence-electron chi connectivity index (χ4n) is 2.37. The summed E-state index contributed by atoms with van der Waals surface area (Å²) in [6.07, 6.45) is 3.06. The molecule has 0 saturated carbocycles. The Morgan fingerprint density at radius 1 is 1.04 bits per heavy atom. The molecule has 0 aliphatic rings. The second-order valence-corrected chi connectivity index (χ2v) is 6.22. The molecule has 3 aromatic rings. The largest absolute Gasteiger partial charge is 0.339 e. The summed E-state index contributed by atoms with van der Waals surface area (Å²) in [5, 5.41) is 3.15. The van der Waals surface area contributed by atoms with Crippen molar-refractivity contribution >= 4 is 39.0 Å². The van der Waals surface area contributed by atoms with Crippen LogP contribution in [-0.2, 0) is 0 Å². The number of halogens is 1. The summed E-state index contributed by atoms with van der Waals surface area (Å²) >= 11 is 3.40. The Morgan fingerprint density at radius 3 is 2.36 bits per heavy atom. The molecule has 0 radical (unpaired) electrons. The van der Waals surface area contributed by atoms with Gasteiger partial charge in [0.15, 0.2) is 0 Å². The molecule has 1 aromatic heterocycles. The number of amides is 1. The molecule has 25 heavy (non-hydrogen) atoms. The zero-order valence-electron chi connectivity index (χ0n) is 13.7. The third-order valence-electron chi connectivity index (χ3n) is 3.62. The van der Waals surface area contributed by atoms with Crippen LogP contribution in [0.15, 0.2) is 71.5 Å². The third-order valence-corrected chi connectivity index (χ3v) is 4.15. The smallest absolute Gasteiger partial charge is 0.278 e. The minimum atomic E-state index is -0.170. The summed E-state index contributed by atoms with van der Waals surface area (Å²) in [6.45, 7) is 2.49. The van der Waals surface area contributed by atoms with Gasteiger partial charge in [-0.3, -0.25) is 4.79 Å². The molecule has 1 N–H and O–H groups in total. The summed E-state index contributed by atoms with van der Waals surface area (Å²) in [5.74, 6) is 0.415. The van der Waals surface area contributed by atoms with Crippen molar-refractivity contribution in [2.45, 2.75) is 6.92 Å². The lowest BCUT2D eigenvalue weighted by Gasteiger charge is -2.20. The Morgan fingerprint density at radius 2 is 1.76 bits per heavy atom. The molecule has 0 atom stereocenters. The van der Waals surface area contributed by atoms with Gasteiger partial charge in [-0.1, -0.05) is 34.1 Å². The van der Waals surface area contributed by atoms with Crippen molar-refractivity contribution in [2.75, 3.05) is 16.8 Å². The van der Waals surface area contributed by atoms with E-state index in [0.29, 0.717) is 18.1 Å². The minimum absolute atomic E-state index is 0.170. The fourth-order valence-corrected chi connectivity index (χ4v) is 2.64. The molecule has 1 amide bonds. The van der Waals surface area contributed by atoms with Crippen molar-refractivity contribution in [3.05, 3.63) is 77.2 Å². The highest BCUT2D eigenvalue weighted by atomic mass is 79.9. The van der Waals surface area contributed by atoms with Gasteiger partial charge in [0.25, 0.3) is 5.91 Å². The number of rotatable bonds is 5. The van der Waals surface area contributed by atoms with Gasteiger partial charge in [0.05, 0.1) is 12.4 Å². The van der Waals surface area contributed by atoms with Crippen molar-refractivity contribution in [3.63, 3.8) is 0 Å². The van der Waals surface area contributed by atoms with Gasteiger partial charge in [0, 0.05) is 22.4 Å². The SMILES string of the molecule is CCN(C(=O)c1cnc(Nc2ccc(Br)cc2)cn1)c1ccccc1. The van der Waals surface area contributed by atoms with Crippen LogP contribution in [0.25, 0.3) is 0 Å². The lowest BCUT2D eigenvalue weighted by molar-refractivity contribution is 0.0983. The topological polar surface area (TPSA) is 58.1 Å². The molecular formula is C19H17BrN4O. The summed E-state index contributed by atoms with van der Waals surface area (Å²) in [6, 6.07) is 17.3. The predicted molar refractivity (Wildman–Crippen MR) is 103 cm³/mol. The van der Waals surface area contributed by atoms with Gasteiger partial charge >= 0.3 is 0 Å². The highest BCUT2D eigenvalue weighted by Gasteiger charge is 2.17. The summed E-state index contributed by atoms with van der Waals surface area (Å²) < 4.78 is 1.01. The van der Waals surface area contributed by atoms with Crippen LogP contribution in [0, 0.1) is 0 Å². The van der Waals surface area contributed by atoms with E-state index < -0.39 is 0 Å². The molecule has 2 aromatic carbocycles. The first-order valence-corrected chi connectivity index (χ1v) is 8.68. The van der Waals surface area contributed by atoms with E-state index in [1.54, 1.807) is 11.1 Å². The van der Waals surface area contributed by atoms with E-state index >= 15 is 0 Å². The Labute approximate surface area is 154 Å². The average Bonchev–Trinajstić information content (AvgIpc) is 2.66. The van der Waals surface area contributed by atoms with Crippen LogP contribution >= 0.6 is 15.9 Å². The number of hydrogen-bond acceptors (Lipinski definition) is 4. The lowest BCUT2D eigenvalue weighted by atomic mass is 10.2. The normalized spacial score (nSPS) is 10.3. The second kappa shape index (κ2) is 7.90. The van der Waals surface area contributed by atoms with Crippen molar-refractivity contribution in [2.24, 2.45) is 0 Å². The van der Waals surface area contributed by atoms with Crippen molar-refractivity contribution in [1.29, 1.82) is 0 Å². The van der Waals surface area contributed by atoms with Gasteiger partial charge in [0.1, 0.15) is 11.5 Å². The molecule has 1 heterocycles. The van der Waals surface area contributed by atoms with Crippen LogP contribution in [0.3, 0.4) is 0 Å². The zero-order chi connectivity index (χ0) is 17.6. The first kappa shape index (κ1) is 17.1. The fraction of sp³-hybridized carbons (Fsp3) is 0.105. The monoisotopic (exact) mass is 396 g/mol. The first-order valence-electron chi connectivity index (χ1n) is 7.89. The Kier molecular flexibility index (Phi) is 5.40.